The summed E-state index contributed by atoms with van der Waals surface area (Å²) in [7, 11) is 0. The Morgan fingerprint density at radius 3 is 2.43 bits per heavy atom. The van der Waals surface area contributed by atoms with Crippen molar-refractivity contribution in [2.75, 3.05) is 17.2 Å². The third-order valence-corrected chi connectivity index (χ3v) is 3.65. The van der Waals surface area contributed by atoms with E-state index in [0.29, 0.717) is 15.7 Å². The molecule has 0 atom stereocenters. The Hall–Kier alpha value is -1.92. The van der Waals surface area contributed by atoms with Crippen molar-refractivity contribution in [2.24, 2.45) is 0 Å². The average Bonchev–Trinajstić information content (AvgIpc) is 2.51. The smallest absolute Gasteiger partial charge is 0.226 e. The van der Waals surface area contributed by atoms with E-state index in [-0.39, 0.29) is 24.6 Å². The summed E-state index contributed by atoms with van der Waals surface area (Å²) in [5.41, 5.74) is 0.245. The van der Waals surface area contributed by atoms with E-state index in [2.05, 4.69) is 10.6 Å². The van der Waals surface area contributed by atoms with Crippen LogP contribution in [0.2, 0.25) is 10.0 Å². The van der Waals surface area contributed by atoms with Gasteiger partial charge in [0, 0.05) is 18.7 Å². The van der Waals surface area contributed by atoms with Gasteiger partial charge in [-0.1, -0.05) is 23.2 Å². The molecule has 0 aliphatic rings. The lowest BCUT2D eigenvalue weighted by Crippen LogP contribution is -2.16. The van der Waals surface area contributed by atoms with Crippen LogP contribution in [0.25, 0.3) is 0 Å². The molecule has 23 heavy (non-hydrogen) atoms. The molecule has 0 bridgehead atoms. The van der Waals surface area contributed by atoms with Gasteiger partial charge in [0.15, 0.2) is 17.5 Å². The van der Waals surface area contributed by atoms with Crippen molar-refractivity contribution in [3.05, 3.63) is 57.8 Å². The molecule has 0 aliphatic heterocycles. The Bertz CT molecular complexity index is 741. The monoisotopic (exact) mass is 362 g/mol. The van der Waals surface area contributed by atoms with Crippen LogP contribution in [0, 0.1) is 17.5 Å². The summed E-state index contributed by atoms with van der Waals surface area (Å²) in [5.74, 6) is -4.52. The molecule has 2 rings (SSSR count). The molecule has 2 aromatic carbocycles. The molecular formula is C15H11Cl2F3N2O. The second-order valence-electron chi connectivity index (χ2n) is 4.58. The molecule has 1 amide bonds. The van der Waals surface area contributed by atoms with Crippen molar-refractivity contribution in [1.29, 1.82) is 0 Å². The molecule has 0 fully saturated rings. The summed E-state index contributed by atoms with van der Waals surface area (Å²) in [6.07, 6.45) is -0.0152. The van der Waals surface area contributed by atoms with Gasteiger partial charge in [0.2, 0.25) is 5.91 Å². The molecule has 0 aliphatic carbocycles. The number of anilines is 2. The Balaban J connectivity index is 1.87. The Morgan fingerprint density at radius 1 is 1.00 bits per heavy atom. The first-order chi connectivity index (χ1) is 10.9. The molecule has 0 radical (unpaired) electrons. The van der Waals surface area contributed by atoms with Gasteiger partial charge in [0.05, 0.1) is 15.7 Å². The predicted molar refractivity (Wildman–Crippen MR) is 84.5 cm³/mol. The van der Waals surface area contributed by atoms with Crippen LogP contribution in [0.5, 0.6) is 0 Å². The van der Waals surface area contributed by atoms with Gasteiger partial charge >= 0.3 is 0 Å². The van der Waals surface area contributed by atoms with Crippen LogP contribution in [-0.2, 0) is 4.79 Å². The Morgan fingerprint density at radius 2 is 1.74 bits per heavy atom. The maximum absolute atomic E-state index is 13.4. The van der Waals surface area contributed by atoms with Crippen molar-refractivity contribution < 1.29 is 18.0 Å². The molecule has 2 aromatic rings. The van der Waals surface area contributed by atoms with Crippen LogP contribution < -0.4 is 10.6 Å². The zero-order valence-electron chi connectivity index (χ0n) is 11.6. The largest absolute Gasteiger partial charge is 0.382 e. The zero-order chi connectivity index (χ0) is 17.0. The summed E-state index contributed by atoms with van der Waals surface area (Å²) in [6.45, 7) is 0.0369. The van der Waals surface area contributed by atoms with Crippen LogP contribution in [0.4, 0.5) is 24.5 Å². The van der Waals surface area contributed by atoms with E-state index in [9.17, 15) is 18.0 Å². The summed E-state index contributed by atoms with van der Waals surface area (Å²) in [6, 6.07) is 6.47. The van der Waals surface area contributed by atoms with Gasteiger partial charge in [0.25, 0.3) is 0 Å². The summed E-state index contributed by atoms with van der Waals surface area (Å²) in [4.78, 5) is 11.7. The number of benzene rings is 2. The lowest BCUT2D eigenvalue weighted by molar-refractivity contribution is -0.115. The van der Waals surface area contributed by atoms with Crippen LogP contribution in [0.3, 0.4) is 0 Å². The molecule has 0 heterocycles. The first-order valence-corrected chi connectivity index (χ1v) is 7.26. The molecule has 2 N–H and O–H groups in total. The number of carbonyl (C=O) groups is 1. The van der Waals surface area contributed by atoms with Gasteiger partial charge in [-0.25, -0.2) is 13.2 Å². The van der Waals surface area contributed by atoms with E-state index in [0.717, 1.165) is 12.1 Å². The molecular weight excluding hydrogens is 352 g/mol. The minimum Gasteiger partial charge on any atom is -0.382 e. The molecule has 0 saturated carbocycles. The fraction of sp³-hybridized carbons (Fsp3) is 0.133. The standard InChI is InChI=1S/C15H11Cl2F3N2O/c16-9-2-1-8(7-10(9)17)22-13(23)5-6-21-12-4-3-11(18)14(19)15(12)20/h1-4,7,21H,5-6H2,(H,22,23). The minimum absolute atomic E-state index is 0.0152. The third-order valence-electron chi connectivity index (χ3n) is 2.91. The van der Waals surface area contributed by atoms with Gasteiger partial charge in [-0.3, -0.25) is 4.79 Å². The van der Waals surface area contributed by atoms with Gasteiger partial charge in [-0.15, -0.1) is 0 Å². The molecule has 122 valence electrons. The van der Waals surface area contributed by atoms with E-state index in [1.807, 2.05) is 0 Å². The van der Waals surface area contributed by atoms with Crippen LogP contribution in [0.15, 0.2) is 30.3 Å². The SMILES string of the molecule is O=C(CCNc1ccc(F)c(F)c1F)Nc1ccc(Cl)c(Cl)c1. The number of hydrogen-bond donors (Lipinski definition) is 2. The maximum Gasteiger partial charge on any atom is 0.226 e. The van der Waals surface area contributed by atoms with Crippen molar-refractivity contribution in [3.63, 3.8) is 0 Å². The number of nitrogens with one attached hydrogen (secondary N) is 2. The summed E-state index contributed by atoms with van der Waals surface area (Å²) < 4.78 is 39.2. The summed E-state index contributed by atoms with van der Waals surface area (Å²) >= 11 is 11.6. The van der Waals surface area contributed by atoms with E-state index >= 15 is 0 Å². The normalized spacial score (nSPS) is 10.5. The molecule has 0 spiro atoms. The number of halogens is 5. The highest BCUT2D eigenvalue weighted by Crippen LogP contribution is 2.25. The third kappa shape index (κ3) is 4.53. The number of rotatable bonds is 5. The Kier molecular flexibility index (Phi) is 5.74. The van der Waals surface area contributed by atoms with Crippen molar-refractivity contribution in [3.8, 4) is 0 Å². The highest BCUT2D eigenvalue weighted by Gasteiger charge is 2.13. The van der Waals surface area contributed by atoms with Gasteiger partial charge < -0.3 is 10.6 Å². The van der Waals surface area contributed by atoms with Crippen molar-refractivity contribution in [1.82, 2.24) is 0 Å². The highest BCUT2D eigenvalue weighted by molar-refractivity contribution is 6.42. The highest BCUT2D eigenvalue weighted by atomic mass is 35.5. The molecule has 3 nitrogen and oxygen atoms in total. The second-order valence-corrected chi connectivity index (χ2v) is 5.39. The molecule has 0 aromatic heterocycles. The fourth-order valence-corrected chi connectivity index (χ4v) is 2.07. The summed E-state index contributed by atoms with van der Waals surface area (Å²) in [5, 5.41) is 5.77. The van der Waals surface area contributed by atoms with E-state index < -0.39 is 17.5 Å². The van der Waals surface area contributed by atoms with Gasteiger partial charge in [0.1, 0.15) is 0 Å². The van der Waals surface area contributed by atoms with Crippen molar-refractivity contribution in [2.45, 2.75) is 6.42 Å². The van der Waals surface area contributed by atoms with Gasteiger partial charge in [-0.05, 0) is 30.3 Å². The number of carbonyl (C=O) groups excluding carboxylic acids is 1. The molecule has 8 heteroatoms. The van der Waals surface area contributed by atoms with Crippen LogP contribution in [0.1, 0.15) is 6.42 Å². The van der Waals surface area contributed by atoms with Crippen LogP contribution in [-0.4, -0.2) is 12.5 Å². The first kappa shape index (κ1) is 17.4. The van der Waals surface area contributed by atoms with E-state index in [1.54, 1.807) is 6.07 Å². The quantitative estimate of drug-likeness (QED) is 0.746. The zero-order valence-corrected chi connectivity index (χ0v) is 13.1. The number of amides is 1. The average molecular weight is 363 g/mol. The lowest BCUT2D eigenvalue weighted by Gasteiger charge is -2.09. The van der Waals surface area contributed by atoms with E-state index in [1.165, 1.54) is 12.1 Å². The van der Waals surface area contributed by atoms with Crippen molar-refractivity contribution >= 4 is 40.5 Å². The topological polar surface area (TPSA) is 41.1 Å². The lowest BCUT2D eigenvalue weighted by atomic mass is 10.2. The fourth-order valence-electron chi connectivity index (χ4n) is 1.77. The second kappa shape index (κ2) is 7.57. The van der Waals surface area contributed by atoms with E-state index in [4.69, 9.17) is 23.2 Å². The minimum atomic E-state index is -1.56. The maximum atomic E-state index is 13.4. The Labute approximate surface area is 140 Å². The first-order valence-electron chi connectivity index (χ1n) is 6.50. The molecule has 0 unspecified atom stereocenters. The number of hydrogen-bond acceptors (Lipinski definition) is 2. The molecule has 0 saturated heterocycles. The predicted octanol–water partition coefficient (Wildman–Crippen LogP) is 4.85. The van der Waals surface area contributed by atoms with Crippen LogP contribution >= 0.6 is 23.2 Å². The van der Waals surface area contributed by atoms with Gasteiger partial charge in [-0.2, -0.15) is 0 Å².